The summed E-state index contributed by atoms with van der Waals surface area (Å²) >= 11 is 0. The fourth-order valence-electron chi connectivity index (χ4n) is 0.789. The Labute approximate surface area is 116 Å². The second-order valence-corrected chi connectivity index (χ2v) is 10.6. The Bertz CT molecular complexity index is 499. The van der Waals surface area contributed by atoms with E-state index in [0.717, 1.165) is 0 Å². The molecule has 1 heterocycles. The monoisotopic (exact) mass is 331 g/mol. The molecule has 0 atom stereocenters. The molecule has 1 aromatic rings. The van der Waals surface area contributed by atoms with E-state index in [0.29, 0.717) is 6.73 Å². The van der Waals surface area contributed by atoms with Crippen molar-refractivity contribution in [1.29, 1.82) is 0 Å². The first-order chi connectivity index (χ1) is 8.83. The minimum atomic E-state index is -6.09. The number of nitrogens with zero attached hydrogens (tertiary/aromatic N) is 1. The molecule has 0 bridgehead atoms. The lowest BCUT2D eigenvalue weighted by Gasteiger charge is -2.13. The zero-order valence-corrected chi connectivity index (χ0v) is 13.0. The molecule has 0 saturated carbocycles. The van der Waals surface area contributed by atoms with Crippen molar-refractivity contribution >= 4 is 18.4 Å². The Morgan fingerprint density at radius 2 is 1.55 bits per heavy atom. The van der Waals surface area contributed by atoms with Gasteiger partial charge in [-0.15, -0.1) is 0 Å². The van der Waals surface area contributed by atoms with Gasteiger partial charge in [-0.1, -0.05) is 6.07 Å². The average molecular weight is 331 g/mol. The van der Waals surface area contributed by atoms with Crippen LogP contribution in [0.1, 0.15) is 0 Å². The molecule has 116 valence electrons. The lowest BCUT2D eigenvalue weighted by atomic mass is 10.5. The predicted octanol–water partition coefficient (Wildman–Crippen LogP) is 1.83. The molecule has 5 nitrogen and oxygen atoms in total. The van der Waals surface area contributed by atoms with Gasteiger partial charge in [-0.05, 0) is 19.6 Å². The van der Waals surface area contributed by atoms with E-state index in [1.54, 1.807) is 0 Å². The summed E-state index contributed by atoms with van der Waals surface area (Å²) in [5.41, 5.74) is -5.65. The maximum absolute atomic E-state index is 10.7. The summed E-state index contributed by atoms with van der Waals surface area (Å²) in [7, 11) is -7.45. The van der Waals surface area contributed by atoms with Gasteiger partial charge < -0.3 is 8.98 Å². The number of hydrogen-bond acceptors (Lipinski definition) is 4. The Morgan fingerprint density at radius 3 is 1.85 bits per heavy atom. The minimum absolute atomic E-state index is 0.677. The molecule has 0 aromatic carbocycles. The number of rotatable bonds is 3. The fraction of sp³-hybridized carbons (Fsp3) is 0.500. The zero-order chi connectivity index (χ0) is 16.0. The Morgan fingerprint density at radius 1 is 1.15 bits per heavy atom. The van der Waals surface area contributed by atoms with Gasteiger partial charge in [0.25, 0.3) is 0 Å². The highest BCUT2D eigenvalue weighted by atomic mass is 32.2. The van der Waals surface area contributed by atoms with Crippen LogP contribution in [0.3, 0.4) is 0 Å². The summed E-state index contributed by atoms with van der Waals surface area (Å²) in [6, 6.07) is 6.02. The molecule has 0 radical (unpaired) electrons. The highest BCUT2D eigenvalue weighted by molar-refractivity contribution is 7.86. The molecule has 1 aromatic heterocycles. The summed E-state index contributed by atoms with van der Waals surface area (Å²) in [4.78, 5) is 0. The maximum Gasteiger partial charge on any atom is 0.485 e. The smallest absolute Gasteiger partial charge is 0.485 e. The average Bonchev–Trinajstić information content (AvgIpc) is 2.25. The minimum Gasteiger partial charge on any atom is -0.741 e. The Balaban J connectivity index is 0.000000396. The molecular formula is C10H16F3NO4SSi. The van der Waals surface area contributed by atoms with Gasteiger partial charge in [0.15, 0.2) is 30.8 Å². The maximum atomic E-state index is 10.7. The first-order valence-corrected chi connectivity index (χ1v) is 10.2. The van der Waals surface area contributed by atoms with Crippen molar-refractivity contribution in [2.24, 2.45) is 0 Å². The molecule has 0 aliphatic heterocycles. The predicted molar refractivity (Wildman–Crippen MR) is 66.8 cm³/mol. The number of aromatic nitrogens is 1. The molecule has 10 heteroatoms. The second kappa shape index (κ2) is 7.15. The molecular weight excluding hydrogens is 315 g/mol. The number of alkyl halides is 3. The van der Waals surface area contributed by atoms with E-state index < -0.39 is 23.9 Å². The van der Waals surface area contributed by atoms with Gasteiger partial charge >= 0.3 is 5.51 Å². The van der Waals surface area contributed by atoms with E-state index in [4.69, 9.17) is 17.4 Å². The van der Waals surface area contributed by atoms with Gasteiger partial charge in [0.05, 0.1) is 0 Å². The van der Waals surface area contributed by atoms with Crippen molar-refractivity contribution in [1.82, 2.24) is 0 Å². The van der Waals surface area contributed by atoms with E-state index in [9.17, 15) is 13.2 Å². The van der Waals surface area contributed by atoms with Crippen LogP contribution in [0.4, 0.5) is 13.2 Å². The van der Waals surface area contributed by atoms with Crippen LogP contribution in [0.5, 0.6) is 0 Å². The molecule has 0 fully saturated rings. The summed E-state index contributed by atoms with van der Waals surface area (Å²) in [5, 5.41) is 0. The van der Waals surface area contributed by atoms with Crippen LogP contribution in [0.2, 0.25) is 19.6 Å². The van der Waals surface area contributed by atoms with Crippen molar-refractivity contribution in [3.63, 3.8) is 0 Å². The van der Waals surface area contributed by atoms with Gasteiger partial charge in [0.2, 0.25) is 6.73 Å². The topological polar surface area (TPSA) is 70.3 Å². The summed E-state index contributed by atoms with van der Waals surface area (Å²) in [6.45, 7) is 7.25. The SMILES string of the molecule is C[Si](C)(C)OC[n+]1ccccc1.O=S(=O)([O-])C(F)(F)F. The first-order valence-electron chi connectivity index (χ1n) is 5.43. The molecule has 20 heavy (non-hydrogen) atoms. The van der Waals surface area contributed by atoms with Crippen LogP contribution in [0.25, 0.3) is 0 Å². The van der Waals surface area contributed by atoms with Gasteiger partial charge in [-0.2, -0.15) is 17.7 Å². The third-order valence-corrected chi connectivity index (χ3v) is 3.27. The van der Waals surface area contributed by atoms with E-state index >= 15 is 0 Å². The number of pyridine rings is 1. The van der Waals surface area contributed by atoms with Gasteiger partial charge in [-0.25, -0.2) is 8.42 Å². The van der Waals surface area contributed by atoms with E-state index in [2.05, 4.69) is 19.6 Å². The van der Waals surface area contributed by atoms with Crippen molar-refractivity contribution in [3.05, 3.63) is 30.6 Å². The summed E-state index contributed by atoms with van der Waals surface area (Å²) in [5.74, 6) is 0. The first kappa shape index (κ1) is 19.0. The largest absolute Gasteiger partial charge is 0.741 e. The molecule has 0 spiro atoms. The fourth-order valence-corrected chi connectivity index (χ4v) is 1.32. The zero-order valence-electron chi connectivity index (χ0n) is 11.2. The molecule has 0 aliphatic rings. The molecule has 0 amide bonds. The van der Waals surface area contributed by atoms with E-state index in [-0.39, 0.29) is 0 Å². The van der Waals surface area contributed by atoms with Gasteiger partial charge in [0, 0.05) is 12.1 Å². The van der Waals surface area contributed by atoms with Gasteiger partial charge in [0.1, 0.15) is 0 Å². The highest BCUT2D eigenvalue weighted by Gasteiger charge is 2.36. The molecule has 1 rings (SSSR count). The van der Waals surface area contributed by atoms with Crippen LogP contribution >= 0.6 is 0 Å². The van der Waals surface area contributed by atoms with Crippen LogP contribution in [0, 0.1) is 0 Å². The van der Waals surface area contributed by atoms with Crippen molar-refractivity contribution in [2.45, 2.75) is 31.9 Å². The van der Waals surface area contributed by atoms with E-state index in [1.807, 2.05) is 35.2 Å². The van der Waals surface area contributed by atoms with Crippen LogP contribution in [0.15, 0.2) is 30.6 Å². The highest BCUT2D eigenvalue weighted by Crippen LogP contribution is 2.20. The Kier molecular flexibility index (Phi) is 6.81. The standard InChI is InChI=1S/C9H16NOSi.CHF3O3S/c1-12(2,3)11-9-10-7-5-4-6-8-10;2-1(3,4)8(5,6)7/h4-8H,9H2,1-3H3;(H,5,6,7)/q+1;/p-1. The van der Waals surface area contributed by atoms with Crippen molar-refractivity contribution in [2.75, 3.05) is 0 Å². The Hall–Kier alpha value is -0.973. The summed E-state index contributed by atoms with van der Waals surface area (Å²) < 4.78 is 66.7. The lowest BCUT2D eigenvalue weighted by molar-refractivity contribution is -0.726. The molecule has 0 unspecified atom stereocenters. The van der Waals surface area contributed by atoms with Crippen molar-refractivity contribution in [3.8, 4) is 0 Å². The van der Waals surface area contributed by atoms with Crippen molar-refractivity contribution < 1.29 is 35.1 Å². The number of hydrogen-bond donors (Lipinski definition) is 0. The quantitative estimate of drug-likeness (QED) is 0.367. The van der Waals surface area contributed by atoms with Gasteiger partial charge in [-0.3, -0.25) is 0 Å². The normalized spacial score (nSPS) is 12.6. The lowest BCUT2D eigenvalue weighted by Crippen LogP contribution is -2.39. The van der Waals surface area contributed by atoms with Crippen LogP contribution < -0.4 is 4.57 Å². The summed E-state index contributed by atoms with van der Waals surface area (Å²) in [6.07, 6.45) is 4.03. The second-order valence-electron chi connectivity index (χ2n) is 4.68. The number of halogens is 3. The van der Waals surface area contributed by atoms with E-state index in [1.165, 1.54) is 0 Å². The third kappa shape index (κ3) is 9.01. The third-order valence-electron chi connectivity index (χ3n) is 1.71. The molecule has 0 saturated heterocycles. The molecule has 0 aliphatic carbocycles. The molecule has 0 N–H and O–H groups in total. The van der Waals surface area contributed by atoms with Crippen LogP contribution in [-0.4, -0.2) is 26.8 Å². The van der Waals surface area contributed by atoms with Crippen LogP contribution in [-0.2, 0) is 21.3 Å².